The minimum atomic E-state index is -0.570. The van der Waals surface area contributed by atoms with Crippen LogP contribution in [-0.4, -0.2) is 57.6 Å². The Morgan fingerprint density at radius 3 is 2.84 bits per heavy atom. The highest BCUT2D eigenvalue weighted by Crippen LogP contribution is 2.36. The molecule has 2 unspecified atom stereocenters. The van der Waals surface area contributed by atoms with Crippen LogP contribution >= 0.6 is 0 Å². The number of hydrogen-bond acceptors (Lipinski definition) is 9. The Balaban J connectivity index is 1.47. The Morgan fingerprint density at radius 1 is 1.31 bits per heavy atom. The van der Waals surface area contributed by atoms with Crippen molar-refractivity contribution < 1.29 is 18.3 Å². The van der Waals surface area contributed by atoms with Crippen LogP contribution in [-0.2, 0) is 4.74 Å². The molecule has 3 atom stereocenters. The molecule has 12 heteroatoms. The highest BCUT2D eigenvalue weighted by Gasteiger charge is 2.41. The summed E-state index contributed by atoms with van der Waals surface area (Å²) in [6.07, 6.45) is 2.03. The first-order valence-electron chi connectivity index (χ1n) is 10.2. The first-order valence-corrected chi connectivity index (χ1v) is 10.2. The Labute approximate surface area is 182 Å². The zero-order valence-corrected chi connectivity index (χ0v) is 17.5. The predicted molar refractivity (Wildman–Crippen MR) is 112 cm³/mol. The van der Waals surface area contributed by atoms with Gasteiger partial charge in [0.25, 0.3) is 0 Å². The molecule has 2 saturated heterocycles. The van der Waals surface area contributed by atoms with Crippen LogP contribution in [0.4, 0.5) is 32.2 Å². The van der Waals surface area contributed by atoms with Crippen molar-refractivity contribution in [2.75, 3.05) is 35.8 Å². The molecule has 0 spiro atoms. The number of morpholine rings is 1. The zero-order valence-electron chi connectivity index (χ0n) is 17.5. The molecule has 2 aliphatic rings. The lowest BCUT2D eigenvalue weighted by Crippen LogP contribution is -2.38. The number of ether oxygens (including phenoxy) is 2. The van der Waals surface area contributed by atoms with Gasteiger partial charge in [0, 0.05) is 12.6 Å². The lowest BCUT2D eigenvalue weighted by Gasteiger charge is -2.29. The van der Waals surface area contributed by atoms with E-state index in [9.17, 15) is 4.39 Å². The number of halogens is 2. The summed E-state index contributed by atoms with van der Waals surface area (Å²) < 4.78 is 39.5. The number of nitrogens with zero attached hydrogens (tertiary/aromatic N) is 5. The van der Waals surface area contributed by atoms with Crippen molar-refractivity contribution in [3.05, 3.63) is 41.7 Å². The van der Waals surface area contributed by atoms with Gasteiger partial charge in [0.1, 0.15) is 11.6 Å². The fourth-order valence-electron chi connectivity index (χ4n) is 3.95. The number of fused-ring (bicyclic) bond motifs is 2. The Bertz CT molecular complexity index is 1110. The molecule has 2 bridgehead atoms. The number of hydrogen-bond donors (Lipinski definition) is 3. The highest BCUT2D eigenvalue weighted by atomic mass is 19.1. The summed E-state index contributed by atoms with van der Waals surface area (Å²) in [4.78, 5) is 14.7. The zero-order chi connectivity index (χ0) is 22.2. The Hall–Kier alpha value is -3.54. The summed E-state index contributed by atoms with van der Waals surface area (Å²) in [5, 5.41) is 12.8. The minimum Gasteiger partial charge on any atom is -0.480 e. The van der Waals surface area contributed by atoms with Crippen molar-refractivity contribution in [3.63, 3.8) is 0 Å². The lowest BCUT2D eigenvalue weighted by molar-refractivity contribution is 0.0986. The standard InChI is InChI=1S/C20H22F2N8O2/c1-10(14-4-3-11(21)7-23-14)24-18-17(22)19(30-8-13-5-12(30)9-32-13)27-20(26-18)25-15-6-16(31-2)29-28-15/h3-4,6-7,10,12-13H,5,8-9H2,1-2H3,(H3,24,25,26,27,28,29)/t10-,12?,13?/m0/s1. The Kier molecular flexibility index (Phi) is 5.21. The molecule has 0 saturated carbocycles. The summed E-state index contributed by atoms with van der Waals surface area (Å²) in [5.41, 5.74) is 0.549. The largest absolute Gasteiger partial charge is 0.480 e. The van der Waals surface area contributed by atoms with E-state index >= 15 is 4.39 Å². The summed E-state index contributed by atoms with van der Waals surface area (Å²) in [7, 11) is 1.50. The number of aromatic amines is 1. The van der Waals surface area contributed by atoms with E-state index in [1.807, 2.05) is 4.90 Å². The number of rotatable bonds is 7. The van der Waals surface area contributed by atoms with E-state index in [0.29, 0.717) is 30.5 Å². The molecule has 32 heavy (non-hydrogen) atoms. The molecule has 3 N–H and O–H groups in total. The molecule has 3 aromatic rings. The van der Waals surface area contributed by atoms with Gasteiger partial charge in [0.05, 0.1) is 43.8 Å². The number of nitrogens with one attached hydrogen (secondary N) is 3. The molecule has 5 rings (SSSR count). The number of methoxy groups -OCH3 is 1. The van der Waals surface area contributed by atoms with Crippen molar-refractivity contribution >= 4 is 23.4 Å². The van der Waals surface area contributed by atoms with Crippen LogP contribution in [0.15, 0.2) is 24.4 Å². The molecule has 168 valence electrons. The van der Waals surface area contributed by atoms with Gasteiger partial charge in [-0.3, -0.25) is 10.1 Å². The van der Waals surface area contributed by atoms with Crippen LogP contribution in [0.5, 0.6) is 5.88 Å². The lowest BCUT2D eigenvalue weighted by atomic mass is 10.2. The molecule has 0 aliphatic carbocycles. The van der Waals surface area contributed by atoms with Crippen molar-refractivity contribution in [2.45, 2.75) is 31.5 Å². The third-order valence-electron chi connectivity index (χ3n) is 5.56. The van der Waals surface area contributed by atoms with Gasteiger partial charge in [0.15, 0.2) is 11.6 Å². The molecule has 5 heterocycles. The van der Waals surface area contributed by atoms with Crippen LogP contribution < -0.4 is 20.3 Å². The summed E-state index contributed by atoms with van der Waals surface area (Å²) in [5.74, 6) is 0.238. The van der Waals surface area contributed by atoms with E-state index in [0.717, 1.165) is 12.6 Å². The molecule has 2 fully saturated rings. The van der Waals surface area contributed by atoms with E-state index in [1.165, 1.54) is 13.2 Å². The second-order valence-corrected chi connectivity index (χ2v) is 7.75. The van der Waals surface area contributed by atoms with Crippen molar-refractivity contribution in [1.29, 1.82) is 0 Å². The fraction of sp³-hybridized carbons (Fsp3) is 0.400. The van der Waals surface area contributed by atoms with Gasteiger partial charge >= 0.3 is 0 Å². The van der Waals surface area contributed by atoms with E-state index in [2.05, 4.69) is 35.8 Å². The highest BCUT2D eigenvalue weighted by molar-refractivity contribution is 5.60. The minimum absolute atomic E-state index is 0.00583. The van der Waals surface area contributed by atoms with Crippen LogP contribution in [0, 0.1) is 11.6 Å². The van der Waals surface area contributed by atoms with Gasteiger partial charge in [-0.25, -0.2) is 4.39 Å². The molecule has 2 aliphatic heterocycles. The summed E-state index contributed by atoms with van der Waals surface area (Å²) in [6, 6.07) is 4.12. The average Bonchev–Trinajstić information content (AvgIpc) is 3.53. The molecule has 0 aromatic carbocycles. The molecular weight excluding hydrogens is 422 g/mol. The third kappa shape index (κ3) is 3.88. The fourth-order valence-corrected chi connectivity index (χ4v) is 3.95. The van der Waals surface area contributed by atoms with Gasteiger partial charge in [-0.15, -0.1) is 5.10 Å². The molecule has 0 radical (unpaired) electrons. The van der Waals surface area contributed by atoms with E-state index in [1.54, 1.807) is 19.1 Å². The summed E-state index contributed by atoms with van der Waals surface area (Å²) in [6.45, 7) is 2.89. The van der Waals surface area contributed by atoms with Gasteiger partial charge < -0.3 is 25.0 Å². The maximum absolute atomic E-state index is 15.5. The maximum atomic E-state index is 15.5. The normalized spacial score (nSPS) is 20.4. The second-order valence-electron chi connectivity index (χ2n) is 7.75. The Morgan fingerprint density at radius 2 is 2.19 bits per heavy atom. The van der Waals surface area contributed by atoms with Crippen molar-refractivity contribution in [2.24, 2.45) is 0 Å². The monoisotopic (exact) mass is 444 g/mol. The number of anilines is 4. The maximum Gasteiger partial charge on any atom is 0.234 e. The van der Waals surface area contributed by atoms with Gasteiger partial charge in [0.2, 0.25) is 17.6 Å². The van der Waals surface area contributed by atoms with E-state index in [4.69, 9.17) is 9.47 Å². The van der Waals surface area contributed by atoms with Crippen LogP contribution in [0.1, 0.15) is 25.1 Å². The van der Waals surface area contributed by atoms with Gasteiger partial charge in [-0.1, -0.05) is 0 Å². The van der Waals surface area contributed by atoms with Crippen LogP contribution in [0.2, 0.25) is 0 Å². The van der Waals surface area contributed by atoms with Crippen molar-refractivity contribution in [3.8, 4) is 5.88 Å². The van der Waals surface area contributed by atoms with E-state index < -0.39 is 17.7 Å². The number of pyridine rings is 1. The second kappa shape index (κ2) is 8.19. The average molecular weight is 444 g/mol. The first kappa shape index (κ1) is 20.4. The number of aromatic nitrogens is 5. The third-order valence-corrected chi connectivity index (χ3v) is 5.56. The van der Waals surface area contributed by atoms with Gasteiger partial charge in [-0.05, 0) is 25.5 Å². The van der Waals surface area contributed by atoms with Crippen molar-refractivity contribution in [1.82, 2.24) is 25.1 Å². The quantitative estimate of drug-likeness (QED) is 0.506. The van der Waals surface area contributed by atoms with Gasteiger partial charge in [-0.2, -0.15) is 14.4 Å². The molecular formula is C20H22F2N8O2. The topological polar surface area (TPSA) is 113 Å². The molecule has 3 aromatic heterocycles. The van der Waals surface area contributed by atoms with Crippen LogP contribution in [0.3, 0.4) is 0 Å². The summed E-state index contributed by atoms with van der Waals surface area (Å²) >= 11 is 0. The van der Waals surface area contributed by atoms with E-state index in [-0.39, 0.29) is 29.7 Å². The predicted octanol–water partition coefficient (Wildman–Crippen LogP) is 2.78. The first-order chi connectivity index (χ1) is 15.5. The molecule has 10 nitrogen and oxygen atoms in total. The van der Waals surface area contributed by atoms with Crippen LogP contribution in [0.25, 0.3) is 0 Å². The molecule has 0 amide bonds. The smallest absolute Gasteiger partial charge is 0.234 e. The number of H-pyrrole nitrogens is 1. The SMILES string of the molecule is COc1cc(Nc2nc(N[C@@H](C)c3ccc(F)cn3)c(F)c(N3CC4CC3CO4)n2)[nH]n1.